The molecule has 146 valence electrons. The zero-order chi connectivity index (χ0) is 19.5. The molecule has 0 amide bonds. The Kier molecular flexibility index (Phi) is 8.92. The van der Waals surface area contributed by atoms with E-state index in [1.807, 2.05) is 6.08 Å². The Morgan fingerprint density at radius 1 is 1.19 bits per heavy atom. The van der Waals surface area contributed by atoms with Crippen LogP contribution in [0.25, 0.3) is 17.5 Å². The van der Waals surface area contributed by atoms with Crippen LogP contribution in [-0.4, -0.2) is 27.8 Å². The third kappa shape index (κ3) is 7.47. The first-order valence-corrected chi connectivity index (χ1v) is 9.69. The summed E-state index contributed by atoms with van der Waals surface area (Å²) in [6.07, 6.45) is 14.4. The molecule has 0 fully saturated rings. The molecule has 0 aliphatic rings. The van der Waals surface area contributed by atoms with Gasteiger partial charge in [0.05, 0.1) is 11.7 Å². The fourth-order valence-corrected chi connectivity index (χ4v) is 2.71. The fourth-order valence-electron chi connectivity index (χ4n) is 2.71. The van der Waals surface area contributed by atoms with E-state index in [1.165, 1.54) is 25.0 Å². The van der Waals surface area contributed by atoms with Crippen LogP contribution in [0.3, 0.4) is 0 Å². The molecule has 1 aromatic carbocycles. The van der Waals surface area contributed by atoms with Crippen molar-refractivity contribution in [1.82, 2.24) is 9.97 Å². The van der Waals surface area contributed by atoms with Crippen LogP contribution in [0.15, 0.2) is 36.7 Å². The number of ether oxygens (including phenoxy) is 1. The number of phenolic OH excluding ortho intramolecular Hbond substituents is 1. The molecule has 1 heterocycles. The summed E-state index contributed by atoms with van der Waals surface area (Å²) in [6.45, 7) is 5.18. The summed E-state index contributed by atoms with van der Waals surface area (Å²) in [7, 11) is 0. The van der Waals surface area contributed by atoms with E-state index in [0.29, 0.717) is 11.9 Å². The molecule has 1 aromatic heterocycles. The summed E-state index contributed by atoms with van der Waals surface area (Å²) in [4.78, 5) is 8.42. The normalized spacial score (nSPS) is 12.6. The summed E-state index contributed by atoms with van der Waals surface area (Å²) in [5.41, 5.74) is 1.15. The molecule has 2 rings (SSSR count). The Hall–Kier alpha value is -2.27. The van der Waals surface area contributed by atoms with Crippen LogP contribution >= 0.6 is 0 Å². The van der Waals surface area contributed by atoms with Crippen molar-refractivity contribution in [2.75, 3.05) is 6.61 Å². The van der Waals surface area contributed by atoms with Crippen molar-refractivity contribution >= 4 is 6.08 Å². The molecule has 0 aliphatic carbocycles. The highest BCUT2D eigenvalue weighted by molar-refractivity contribution is 5.58. The van der Waals surface area contributed by atoms with Gasteiger partial charge in [0.2, 0.25) is 0 Å². The standard InChI is InChI=1S/C22H29FN2O2/c1-3-4-8-13-27-17(2)9-6-5-7-10-18-15-24-22(25-16-18)20-12-11-19(26)14-21(20)23/h7,10-12,14-17,26H,3-6,8-9,13H2,1-2H3. The summed E-state index contributed by atoms with van der Waals surface area (Å²) < 4.78 is 19.6. The predicted octanol–water partition coefficient (Wildman–Crippen LogP) is 5.77. The molecule has 0 radical (unpaired) electrons. The van der Waals surface area contributed by atoms with Gasteiger partial charge in [0, 0.05) is 30.6 Å². The highest BCUT2D eigenvalue weighted by atomic mass is 19.1. The fraction of sp³-hybridized carbons (Fsp3) is 0.455. The van der Waals surface area contributed by atoms with Crippen LogP contribution in [0.4, 0.5) is 4.39 Å². The highest BCUT2D eigenvalue weighted by Gasteiger charge is 2.08. The first-order valence-electron chi connectivity index (χ1n) is 9.69. The van der Waals surface area contributed by atoms with E-state index < -0.39 is 5.82 Å². The van der Waals surface area contributed by atoms with E-state index in [2.05, 4.69) is 29.9 Å². The minimum absolute atomic E-state index is 0.114. The second kappa shape index (κ2) is 11.4. The number of nitrogens with zero attached hydrogens (tertiary/aromatic N) is 2. The van der Waals surface area contributed by atoms with Gasteiger partial charge < -0.3 is 9.84 Å². The number of rotatable bonds is 11. The Labute approximate surface area is 161 Å². The summed E-state index contributed by atoms with van der Waals surface area (Å²) in [5.74, 6) is -0.348. The summed E-state index contributed by atoms with van der Waals surface area (Å²) in [6, 6.07) is 3.95. The number of aromatic nitrogens is 2. The minimum Gasteiger partial charge on any atom is -0.508 e. The molecule has 2 aromatic rings. The van der Waals surface area contributed by atoms with E-state index in [-0.39, 0.29) is 11.3 Å². The Balaban J connectivity index is 1.74. The van der Waals surface area contributed by atoms with Gasteiger partial charge in [0.25, 0.3) is 0 Å². The Bertz CT molecular complexity index is 717. The second-order valence-corrected chi connectivity index (χ2v) is 6.73. The van der Waals surface area contributed by atoms with Crippen LogP contribution in [0, 0.1) is 5.82 Å². The maximum atomic E-state index is 13.8. The molecule has 4 nitrogen and oxygen atoms in total. The average Bonchev–Trinajstić information content (AvgIpc) is 2.66. The van der Waals surface area contributed by atoms with Gasteiger partial charge in [0.15, 0.2) is 5.82 Å². The molecule has 0 bridgehead atoms. The largest absolute Gasteiger partial charge is 0.508 e. The maximum Gasteiger partial charge on any atom is 0.162 e. The van der Waals surface area contributed by atoms with E-state index in [1.54, 1.807) is 12.4 Å². The van der Waals surface area contributed by atoms with Gasteiger partial charge in [-0.3, -0.25) is 0 Å². The van der Waals surface area contributed by atoms with Crippen LogP contribution in [0.5, 0.6) is 5.75 Å². The molecular weight excluding hydrogens is 343 g/mol. The molecule has 1 unspecified atom stereocenters. The van der Waals surface area contributed by atoms with Crippen molar-refractivity contribution in [3.63, 3.8) is 0 Å². The van der Waals surface area contributed by atoms with Crippen LogP contribution < -0.4 is 0 Å². The van der Waals surface area contributed by atoms with Gasteiger partial charge in [-0.15, -0.1) is 0 Å². The minimum atomic E-state index is -0.538. The third-order valence-corrected chi connectivity index (χ3v) is 4.31. The topological polar surface area (TPSA) is 55.2 Å². The lowest BCUT2D eigenvalue weighted by Gasteiger charge is -2.11. The van der Waals surface area contributed by atoms with Gasteiger partial charge in [0.1, 0.15) is 11.6 Å². The summed E-state index contributed by atoms with van der Waals surface area (Å²) >= 11 is 0. The zero-order valence-electron chi connectivity index (χ0n) is 16.2. The van der Waals surface area contributed by atoms with Crippen LogP contribution in [-0.2, 0) is 4.74 Å². The van der Waals surface area contributed by atoms with Crippen molar-refractivity contribution < 1.29 is 14.2 Å². The first kappa shape index (κ1) is 21.0. The SMILES string of the molecule is CCCCCOC(C)CCCC=Cc1cnc(-c2ccc(O)cc2F)nc1. The van der Waals surface area contributed by atoms with Gasteiger partial charge >= 0.3 is 0 Å². The van der Waals surface area contributed by atoms with Crippen molar-refractivity contribution in [1.29, 1.82) is 0 Å². The maximum absolute atomic E-state index is 13.8. The third-order valence-electron chi connectivity index (χ3n) is 4.31. The highest BCUT2D eigenvalue weighted by Crippen LogP contribution is 2.22. The number of phenols is 1. The Morgan fingerprint density at radius 2 is 1.96 bits per heavy atom. The van der Waals surface area contributed by atoms with E-state index >= 15 is 0 Å². The first-order chi connectivity index (χ1) is 13.1. The number of allylic oxidation sites excluding steroid dienone is 1. The molecule has 0 spiro atoms. The molecule has 5 heteroatoms. The Morgan fingerprint density at radius 3 is 2.67 bits per heavy atom. The van der Waals surface area contributed by atoms with E-state index in [9.17, 15) is 9.50 Å². The van der Waals surface area contributed by atoms with Crippen molar-refractivity contribution in [2.24, 2.45) is 0 Å². The molecule has 1 N–H and O–H groups in total. The molecular formula is C22H29FN2O2. The molecule has 0 aliphatic heterocycles. The lowest BCUT2D eigenvalue weighted by molar-refractivity contribution is 0.0566. The second-order valence-electron chi connectivity index (χ2n) is 6.73. The van der Waals surface area contributed by atoms with Gasteiger partial charge in [-0.2, -0.15) is 0 Å². The van der Waals surface area contributed by atoms with E-state index in [0.717, 1.165) is 43.9 Å². The number of aromatic hydroxyl groups is 1. The smallest absolute Gasteiger partial charge is 0.162 e. The van der Waals surface area contributed by atoms with Crippen LogP contribution in [0.1, 0.15) is 57.9 Å². The molecule has 0 saturated carbocycles. The monoisotopic (exact) mass is 372 g/mol. The number of hydrogen-bond donors (Lipinski definition) is 1. The van der Waals surface area contributed by atoms with Crippen LogP contribution in [0.2, 0.25) is 0 Å². The van der Waals surface area contributed by atoms with Gasteiger partial charge in [-0.05, 0) is 44.7 Å². The van der Waals surface area contributed by atoms with Gasteiger partial charge in [-0.1, -0.05) is 31.9 Å². The lowest BCUT2D eigenvalue weighted by Crippen LogP contribution is -2.08. The van der Waals surface area contributed by atoms with Crippen molar-refractivity contribution in [2.45, 2.75) is 58.5 Å². The zero-order valence-corrected chi connectivity index (χ0v) is 16.2. The average molecular weight is 372 g/mol. The summed E-state index contributed by atoms with van der Waals surface area (Å²) in [5, 5.41) is 9.27. The van der Waals surface area contributed by atoms with Crippen molar-refractivity contribution in [3.8, 4) is 17.1 Å². The number of unbranched alkanes of at least 4 members (excludes halogenated alkanes) is 3. The molecule has 0 saturated heterocycles. The lowest BCUT2D eigenvalue weighted by atomic mass is 10.1. The number of benzene rings is 1. The number of halogens is 1. The van der Waals surface area contributed by atoms with Gasteiger partial charge in [-0.25, -0.2) is 14.4 Å². The quantitative estimate of drug-likeness (QED) is 0.509. The predicted molar refractivity (Wildman–Crippen MR) is 107 cm³/mol. The molecule has 1 atom stereocenters. The molecule has 27 heavy (non-hydrogen) atoms. The van der Waals surface area contributed by atoms with Crippen molar-refractivity contribution in [3.05, 3.63) is 48.0 Å². The van der Waals surface area contributed by atoms with E-state index in [4.69, 9.17) is 4.74 Å². The number of hydrogen-bond acceptors (Lipinski definition) is 4.